The second-order valence-electron chi connectivity index (χ2n) is 8.12. The molecule has 1 aliphatic heterocycles. The van der Waals surface area contributed by atoms with Crippen LogP contribution < -0.4 is 0 Å². The lowest BCUT2D eigenvalue weighted by molar-refractivity contribution is -0.127. The highest BCUT2D eigenvalue weighted by molar-refractivity contribution is 6.45. The van der Waals surface area contributed by atoms with Gasteiger partial charge in [-0.25, -0.2) is 9.97 Å². The summed E-state index contributed by atoms with van der Waals surface area (Å²) in [6.07, 6.45) is 6.28. The minimum Gasteiger partial charge on any atom is -0.359 e. The Hall–Kier alpha value is -4.40. The Bertz CT molecular complexity index is 1380. The molecule has 1 aromatic carbocycles. The number of carbonyl (C=O) groups excluding carboxylic acids is 3. The predicted octanol–water partition coefficient (Wildman–Crippen LogP) is 2.50. The number of amides is 2. The lowest BCUT2D eigenvalue weighted by Crippen LogP contribution is -2.52. The number of nitrogens with zero attached hydrogens (tertiary/aromatic N) is 5. The first-order valence-electron chi connectivity index (χ1n) is 11.0. The van der Waals surface area contributed by atoms with Crippen LogP contribution in [0.15, 0.2) is 61.3 Å². The van der Waals surface area contributed by atoms with Gasteiger partial charge in [-0.2, -0.15) is 0 Å². The predicted molar refractivity (Wildman–Crippen MR) is 125 cm³/mol. The molecule has 1 fully saturated rings. The topological polar surface area (TPSA) is 112 Å². The van der Waals surface area contributed by atoms with Gasteiger partial charge in [0.05, 0.1) is 16.8 Å². The van der Waals surface area contributed by atoms with Crippen molar-refractivity contribution in [1.29, 1.82) is 0 Å². The van der Waals surface area contributed by atoms with Gasteiger partial charge in [-0.05, 0) is 30.7 Å². The maximum atomic E-state index is 13.2. The van der Waals surface area contributed by atoms with E-state index in [1.807, 2.05) is 25.1 Å². The summed E-state index contributed by atoms with van der Waals surface area (Å²) in [5.41, 5.74) is 3.55. The Morgan fingerprint density at radius 1 is 0.941 bits per heavy atom. The van der Waals surface area contributed by atoms with Crippen LogP contribution in [0, 0.1) is 6.92 Å². The largest absolute Gasteiger partial charge is 0.359 e. The monoisotopic (exact) mass is 454 g/mol. The van der Waals surface area contributed by atoms with Gasteiger partial charge >= 0.3 is 0 Å². The number of hydrogen-bond acceptors (Lipinski definition) is 6. The summed E-state index contributed by atoms with van der Waals surface area (Å²) in [7, 11) is 0. The Morgan fingerprint density at radius 2 is 1.68 bits per heavy atom. The smallest absolute Gasteiger partial charge is 0.295 e. The summed E-state index contributed by atoms with van der Waals surface area (Å²) in [6, 6.07) is 10.8. The molecule has 2 amide bonds. The first-order valence-corrected chi connectivity index (χ1v) is 11.0. The Labute approximate surface area is 195 Å². The molecule has 3 aromatic heterocycles. The normalized spacial score (nSPS) is 13.8. The quantitative estimate of drug-likeness (QED) is 0.375. The van der Waals surface area contributed by atoms with Crippen molar-refractivity contribution in [3.63, 3.8) is 0 Å². The molecule has 5 rings (SSSR count). The number of carbonyl (C=O) groups is 3. The zero-order valence-corrected chi connectivity index (χ0v) is 18.6. The molecule has 4 heterocycles. The number of aryl methyl sites for hydroxylation is 1. The molecule has 1 saturated heterocycles. The number of H-pyrrole nitrogens is 1. The van der Waals surface area contributed by atoms with Gasteiger partial charge in [0.1, 0.15) is 12.0 Å². The van der Waals surface area contributed by atoms with E-state index in [2.05, 4.69) is 19.9 Å². The Morgan fingerprint density at radius 3 is 2.38 bits per heavy atom. The lowest BCUT2D eigenvalue weighted by atomic mass is 10.0. The summed E-state index contributed by atoms with van der Waals surface area (Å²) in [4.78, 5) is 57.9. The van der Waals surface area contributed by atoms with Crippen LogP contribution in [0.3, 0.4) is 0 Å². The molecule has 0 atom stereocenters. The van der Waals surface area contributed by atoms with E-state index in [4.69, 9.17) is 0 Å². The number of pyridine rings is 1. The summed E-state index contributed by atoms with van der Waals surface area (Å²) < 4.78 is 0. The lowest BCUT2D eigenvalue weighted by Gasteiger charge is -2.34. The van der Waals surface area contributed by atoms with Crippen molar-refractivity contribution < 1.29 is 14.4 Å². The molecule has 0 saturated carbocycles. The van der Waals surface area contributed by atoms with Crippen molar-refractivity contribution >= 4 is 28.5 Å². The third kappa shape index (κ3) is 3.81. The fraction of sp³-hybridized carbons (Fsp3) is 0.200. The van der Waals surface area contributed by atoms with Crippen molar-refractivity contribution in [2.75, 3.05) is 26.2 Å². The van der Waals surface area contributed by atoms with Gasteiger partial charge in [0.25, 0.3) is 17.6 Å². The zero-order chi connectivity index (χ0) is 23.7. The highest BCUT2D eigenvalue weighted by Gasteiger charge is 2.30. The second-order valence-corrected chi connectivity index (χ2v) is 8.12. The summed E-state index contributed by atoms with van der Waals surface area (Å²) >= 11 is 0. The van der Waals surface area contributed by atoms with Gasteiger partial charge < -0.3 is 14.8 Å². The fourth-order valence-electron chi connectivity index (χ4n) is 4.25. The van der Waals surface area contributed by atoms with E-state index in [1.165, 1.54) is 11.2 Å². The number of nitrogens with one attached hydrogen (secondary N) is 1. The number of hydrogen-bond donors (Lipinski definition) is 1. The van der Waals surface area contributed by atoms with E-state index in [0.29, 0.717) is 59.6 Å². The summed E-state index contributed by atoms with van der Waals surface area (Å²) in [6.45, 7) is 3.21. The number of benzene rings is 1. The SMILES string of the molecule is Cc1cnc(-c2ccncn2)c2[nH]cc(C(=O)C(=O)N3CCN(C(=O)c4ccccc4)CC3)c12. The molecule has 34 heavy (non-hydrogen) atoms. The molecule has 0 aliphatic carbocycles. The maximum absolute atomic E-state index is 13.2. The maximum Gasteiger partial charge on any atom is 0.295 e. The van der Waals surface area contributed by atoms with Crippen LogP contribution in [0.1, 0.15) is 26.3 Å². The van der Waals surface area contributed by atoms with E-state index >= 15 is 0 Å². The highest BCUT2D eigenvalue weighted by atomic mass is 16.2. The summed E-state index contributed by atoms with van der Waals surface area (Å²) in [5.74, 6) is -1.24. The van der Waals surface area contributed by atoms with E-state index in [9.17, 15) is 14.4 Å². The Kier molecular flexibility index (Phi) is 5.59. The fourth-order valence-corrected chi connectivity index (χ4v) is 4.25. The average molecular weight is 454 g/mol. The first kappa shape index (κ1) is 21.4. The summed E-state index contributed by atoms with van der Waals surface area (Å²) in [5, 5.41) is 0.653. The molecule has 1 N–H and O–H groups in total. The molecule has 0 radical (unpaired) electrons. The molecule has 0 spiro atoms. The van der Waals surface area contributed by atoms with Crippen LogP contribution >= 0.6 is 0 Å². The van der Waals surface area contributed by atoms with Crippen LogP contribution in [0.25, 0.3) is 22.3 Å². The van der Waals surface area contributed by atoms with Gasteiger partial charge in [-0.3, -0.25) is 19.4 Å². The van der Waals surface area contributed by atoms with Crippen molar-refractivity contribution in [3.8, 4) is 11.4 Å². The van der Waals surface area contributed by atoms with Crippen LogP contribution in [-0.2, 0) is 4.79 Å². The van der Waals surface area contributed by atoms with Crippen molar-refractivity contribution in [2.45, 2.75) is 6.92 Å². The number of rotatable bonds is 4. The van der Waals surface area contributed by atoms with Crippen LogP contribution in [-0.4, -0.2) is 73.5 Å². The highest BCUT2D eigenvalue weighted by Crippen LogP contribution is 2.29. The van der Waals surface area contributed by atoms with E-state index in [1.54, 1.807) is 41.7 Å². The molecule has 170 valence electrons. The van der Waals surface area contributed by atoms with Gasteiger partial charge in [-0.1, -0.05) is 18.2 Å². The molecule has 1 aliphatic rings. The van der Waals surface area contributed by atoms with Gasteiger partial charge in [0, 0.05) is 55.7 Å². The van der Waals surface area contributed by atoms with Gasteiger partial charge in [0.15, 0.2) is 0 Å². The first-order chi connectivity index (χ1) is 16.5. The average Bonchev–Trinajstić information content (AvgIpc) is 3.35. The third-order valence-electron chi connectivity index (χ3n) is 6.04. The minimum atomic E-state index is -0.586. The molecule has 4 aromatic rings. The number of aromatic amines is 1. The second kappa shape index (κ2) is 8.86. The van der Waals surface area contributed by atoms with Gasteiger partial charge in [-0.15, -0.1) is 0 Å². The van der Waals surface area contributed by atoms with Crippen molar-refractivity contribution in [1.82, 2.24) is 29.7 Å². The number of ketones is 1. The van der Waals surface area contributed by atoms with E-state index < -0.39 is 11.7 Å². The van der Waals surface area contributed by atoms with Crippen molar-refractivity contribution in [3.05, 3.63) is 78.0 Å². The molecule has 9 nitrogen and oxygen atoms in total. The van der Waals surface area contributed by atoms with Crippen molar-refractivity contribution in [2.24, 2.45) is 0 Å². The molecular formula is C25H22N6O3. The van der Waals surface area contributed by atoms with Gasteiger partial charge in [0.2, 0.25) is 0 Å². The minimum absolute atomic E-state index is 0.0731. The third-order valence-corrected chi connectivity index (χ3v) is 6.04. The number of aromatic nitrogens is 4. The van der Waals surface area contributed by atoms with Crippen LogP contribution in [0.4, 0.5) is 0 Å². The standard InChI is InChI=1S/C25H22N6O3/c1-16-13-27-21(19-7-8-26-15-29-19)22-20(16)18(14-28-22)23(32)25(34)31-11-9-30(10-12-31)24(33)17-5-3-2-4-6-17/h2-8,13-15,28H,9-12H2,1H3. The molecule has 0 unspecified atom stereocenters. The number of Topliss-reactive ketones (excluding diaryl/α,β-unsaturated/α-hetero) is 1. The van der Waals surface area contributed by atoms with E-state index in [-0.39, 0.29) is 5.91 Å². The zero-order valence-electron chi connectivity index (χ0n) is 18.6. The molecule has 9 heteroatoms. The molecular weight excluding hydrogens is 432 g/mol. The van der Waals surface area contributed by atoms with E-state index in [0.717, 1.165) is 5.56 Å². The van der Waals surface area contributed by atoms with Crippen LogP contribution in [0.2, 0.25) is 0 Å². The number of piperazine rings is 1. The number of fused-ring (bicyclic) bond motifs is 1. The Balaban J connectivity index is 1.35. The molecule has 0 bridgehead atoms. The van der Waals surface area contributed by atoms with Crippen LogP contribution in [0.5, 0.6) is 0 Å².